The topological polar surface area (TPSA) is 55.4 Å². The first-order valence-corrected chi connectivity index (χ1v) is 8.03. The fraction of sp³-hybridized carbons (Fsp3) is 0.222. The van der Waals surface area contributed by atoms with Gasteiger partial charge in [0.25, 0.3) is 0 Å². The van der Waals surface area contributed by atoms with Crippen molar-refractivity contribution >= 4 is 31.0 Å². The van der Waals surface area contributed by atoms with E-state index >= 15 is 0 Å². The van der Waals surface area contributed by atoms with Gasteiger partial charge in [-0.3, -0.25) is 9.59 Å². The zero-order valence-corrected chi connectivity index (χ0v) is 13.8. The summed E-state index contributed by atoms with van der Waals surface area (Å²) in [6.45, 7) is 0.412. The van der Waals surface area contributed by atoms with Crippen LogP contribution in [-0.2, 0) is 17.8 Å². The lowest BCUT2D eigenvalue weighted by atomic mass is 10.00. The van der Waals surface area contributed by atoms with Crippen LogP contribution in [0.15, 0.2) is 54.6 Å². The number of ether oxygens (including phenoxy) is 1. The number of Topliss-reactive ketones (excluding diaryl/α,β-unsaturated/α-hetero) is 1. The Hall–Kier alpha value is -2.27. The molecule has 2 aromatic rings. The van der Waals surface area contributed by atoms with Crippen molar-refractivity contribution in [1.29, 1.82) is 0 Å². The Labute approximate surface area is 147 Å². The fourth-order valence-electron chi connectivity index (χ4n) is 2.28. The fourth-order valence-corrected chi connectivity index (χ4v) is 2.46. The quantitative estimate of drug-likeness (QED) is 0.593. The third-order valence-electron chi connectivity index (χ3n) is 3.47. The van der Waals surface area contributed by atoms with Gasteiger partial charge in [0.2, 0.25) is 7.85 Å². The molecule has 0 spiro atoms. The van der Waals surface area contributed by atoms with Crippen LogP contribution < -0.4 is 10.1 Å². The van der Waals surface area contributed by atoms with Crippen molar-refractivity contribution in [3.8, 4) is 5.75 Å². The molecule has 0 bridgehead atoms. The zero-order chi connectivity index (χ0) is 17.4. The van der Waals surface area contributed by atoms with Gasteiger partial charge in [0, 0.05) is 6.42 Å². The minimum absolute atomic E-state index is 0.196. The highest BCUT2D eigenvalue weighted by Crippen LogP contribution is 2.21. The number of benzene rings is 2. The molecule has 0 saturated carbocycles. The average Bonchev–Trinajstić information content (AvgIpc) is 2.60. The summed E-state index contributed by atoms with van der Waals surface area (Å²) in [5.41, 5.74) is 1.83. The molecule has 6 heteroatoms. The zero-order valence-electron chi connectivity index (χ0n) is 13.1. The summed E-state index contributed by atoms with van der Waals surface area (Å²) in [5, 5.41) is 2.43. The Kier molecular flexibility index (Phi) is 6.88. The van der Waals surface area contributed by atoms with Gasteiger partial charge >= 0.3 is 0 Å². The summed E-state index contributed by atoms with van der Waals surface area (Å²) < 4.78 is 5.85. The third-order valence-corrected chi connectivity index (χ3v) is 3.73. The van der Waals surface area contributed by atoms with Crippen LogP contribution in [0.5, 0.6) is 5.75 Å². The van der Waals surface area contributed by atoms with Gasteiger partial charge in [-0.05, 0) is 17.2 Å². The van der Waals surface area contributed by atoms with Gasteiger partial charge in [-0.15, -0.1) is 11.6 Å². The van der Waals surface area contributed by atoms with E-state index in [1.165, 1.54) is 0 Å². The minimum atomic E-state index is -0.776. The van der Waals surface area contributed by atoms with Crippen LogP contribution >= 0.6 is 11.6 Å². The molecule has 0 heterocycles. The van der Waals surface area contributed by atoms with Gasteiger partial charge in [0.1, 0.15) is 12.4 Å². The number of rotatable bonds is 8. The number of hydrogen-bond acceptors (Lipinski definition) is 3. The highest BCUT2D eigenvalue weighted by atomic mass is 35.5. The standard InChI is InChI=1S/C18H17BClNO3/c19-18(23)21-15(16(22)11-20)10-14-8-4-5-9-17(14)24-12-13-6-2-1-3-7-13/h1-9,15H,10-12H2,(H,21,23)/t15-/m1/s1. The number of para-hydroxylation sites is 1. The summed E-state index contributed by atoms with van der Waals surface area (Å²) in [7, 11) is 5.14. The van der Waals surface area contributed by atoms with Crippen LogP contribution in [0.2, 0.25) is 0 Å². The van der Waals surface area contributed by atoms with Crippen molar-refractivity contribution in [3.63, 3.8) is 0 Å². The van der Waals surface area contributed by atoms with Crippen molar-refractivity contribution in [2.45, 2.75) is 19.1 Å². The normalized spacial score (nSPS) is 11.5. The van der Waals surface area contributed by atoms with Gasteiger partial charge < -0.3 is 10.1 Å². The number of alkyl halides is 1. The number of hydrogen-bond donors (Lipinski definition) is 1. The molecule has 0 unspecified atom stereocenters. The third kappa shape index (κ3) is 5.42. The first-order valence-electron chi connectivity index (χ1n) is 7.49. The molecule has 2 radical (unpaired) electrons. The van der Waals surface area contributed by atoms with Crippen LogP contribution in [0, 0.1) is 0 Å². The second-order valence-corrected chi connectivity index (χ2v) is 5.51. The van der Waals surface area contributed by atoms with E-state index in [4.69, 9.17) is 24.2 Å². The molecular formula is C18H17BClNO3. The Balaban J connectivity index is 2.11. The van der Waals surface area contributed by atoms with Crippen molar-refractivity contribution in [2.24, 2.45) is 0 Å². The Bertz CT molecular complexity index is 694. The monoisotopic (exact) mass is 341 g/mol. The molecule has 1 N–H and O–H groups in total. The Morgan fingerprint density at radius 3 is 2.42 bits per heavy atom. The Morgan fingerprint density at radius 1 is 1.08 bits per heavy atom. The minimum Gasteiger partial charge on any atom is -0.489 e. The molecule has 0 saturated heterocycles. The van der Waals surface area contributed by atoms with E-state index in [2.05, 4.69) is 5.32 Å². The number of nitrogens with one attached hydrogen (secondary N) is 1. The maximum absolute atomic E-state index is 11.9. The van der Waals surface area contributed by atoms with Crippen molar-refractivity contribution in [3.05, 3.63) is 65.7 Å². The highest BCUT2D eigenvalue weighted by Gasteiger charge is 2.20. The van der Waals surface area contributed by atoms with Gasteiger partial charge in [0.05, 0.1) is 11.9 Å². The van der Waals surface area contributed by atoms with Gasteiger partial charge in [0.15, 0.2) is 11.6 Å². The molecule has 1 amide bonds. The summed E-state index contributed by atoms with van der Waals surface area (Å²) >= 11 is 5.60. The summed E-state index contributed by atoms with van der Waals surface area (Å²) in [5.74, 6) is -0.604. The molecular weight excluding hydrogens is 324 g/mol. The predicted octanol–water partition coefficient (Wildman–Crippen LogP) is 2.86. The molecule has 24 heavy (non-hydrogen) atoms. The summed E-state index contributed by atoms with van der Waals surface area (Å²) in [6, 6.07) is 16.3. The molecule has 2 aromatic carbocycles. The predicted molar refractivity (Wildman–Crippen MR) is 94.7 cm³/mol. The van der Waals surface area contributed by atoms with E-state index in [1.54, 1.807) is 0 Å². The maximum atomic E-state index is 11.9. The van der Waals surface area contributed by atoms with Crippen LogP contribution in [0.4, 0.5) is 4.79 Å². The maximum Gasteiger partial charge on any atom is 0.200 e. The molecule has 0 fully saturated rings. The van der Waals surface area contributed by atoms with Crippen LogP contribution in [0.3, 0.4) is 0 Å². The van der Waals surface area contributed by atoms with E-state index in [1.807, 2.05) is 54.6 Å². The second kappa shape index (κ2) is 9.13. The van der Waals surface area contributed by atoms with E-state index in [-0.39, 0.29) is 18.1 Å². The number of carbonyl (C=O) groups is 2. The largest absolute Gasteiger partial charge is 0.489 e. The SMILES string of the molecule is [B]C(=O)N[C@H](Cc1ccccc1OCc1ccccc1)C(=O)CCl. The van der Waals surface area contributed by atoms with E-state index in [0.29, 0.717) is 12.4 Å². The molecule has 1 atom stereocenters. The second-order valence-electron chi connectivity index (χ2n) is 5.25. The average molecular weight is 342 g/mol. The summed E-state index contributed by atoms with van der Waals surface area (Å²) in [4.78, 5) is 23.0. The van der Waals surface area contributed by atoms with Gasteiger partial charge in [-0.1, -0.05) is 48.5 Å². The van der Waals surface area contributed by atoms with Crippen LogP contribution in [0.25, 0.3) is 0 Å². The van der Waals surface area contributed by atoms with E-state index in [0.717, 1.165) is 11.1 Å². The lowest BCUT2D eigenvalue weighted by Gasteiger charge is -2.18. The van der Waals surface area contributed by atoms with Crippen molar-refractivity contribution in [2.75, 3.05) is 5.88 Å². The van der Waals surface area contributed by atoms with Crippen LogP contribution in [0.1, 0.15) is 11.1 Å². The number of amides is 1. The lowest BCUT2D eigenvalue weighted by Crippen LogP contribution is -2.42. The molecule has 2 rings (SSSR count). The van der Waals surface area contributed by atoms with Gasteiger partial charge in [-0.2, -0.15) is 0 Å². The first kappa shape index (κ1) is 18.1. The highest BCUT2D eigenvalue weighted by molar-refractivity contribution is 6.57. The van der Waals surface area contributed by atoms with E-state index in [9.17, 15) is 9.59 Å². The van der Waals surface area contributed by atoms with Gasteiger partial charge in [-0.25, -0.2) is 0 Å². The molecule has 0 aliphatic heterocycles. The summed E-state index contributed by atoms with van der Waals surface area (Å²) in [6.07, 6.45) is 0.263. The number of carbonyl (C=O) groups excluding carboxylic acids is 2. The molecule has 0 aliphatic carbocycles. The van der Waals surface area contributed by atoms with E-state index < -0.39 is 11.8 Å². The molecule has 0 aliphatic rings. The molecule has 122 valence electrons. The smallest absolute Gasteiger partial charge is 0.200 e. The van der Waals surface area contributed by atoms with Crippen molar-refractivity contribution in [1.82, 2.24) is 5.32 Å². The van der Waals surface area contributed by atoms with Crippen molar-refractivity contribution < 1.29 is 14.3 Å². The van der Waals surface area contributed by atoms with Crippen LogP contribution in [-0.4, -0.2) is 31.4 Å². The Morgan fingerprint density at radius 2 is 1.75 bits per heavy atom. The lowest BCUT2D eigenvalue weighted by molar-refractivity contribution is -0.118. The number of ketones is 1. The molecule has 4 nitrogen and oxygen atoms in total. The number of halogens is 1. The molecule has 0 aromatic heterocycles. The first-order chi connectivity index (χ1) is 11.6.